The summed E-state index contributed by atoms with van der Waals surface area (Å²) in [6.45, 7) is 1.71. The topological polar surface area (TPSA) is 43.1 Å². The molecule has 3 heteroatoms. The highest BCUT2D eigenvalue weighted by Gasteiger charge is 1.96. The highest BCUT2D eigenvalue weighted by molar-refractivity contribution is 8.02. The van der Waals surface area contributed by atoms with Crippen LogP contribution in [0, 0.1) is 0 Å². The Kier molecular flexibility index (Phi) is 3.58. The largest absolute Gasteiger partial charge is 0.366 e. The predicted octanol–water partition coefficient (Wildman–Crippen LogP) is 2.17. The van der Waals surface area contributed by atoms with E-state index in [1.807, 2.05) is 30.3 Å². The van der Waals surface area contributed by atoms with E-state index >= 15 is 0 Å². The number of rotatable bonds is 3. The molecule has 1 amide bonds. The Morgan fingerprint density at radius 3 is 2.54 bits per heavy atom. The van der Waals surface area contributed by atoms with Crippen LogP contribution in [-0.4, -0.2) is 5.91 Å². The average molecular weight is 193 g/mol. The Labute approximate surface area is 81.8 Å². The molecule has 0 aliphatic rings. The Balaban J connectivity index is 2.62. The maximum absolute atomic E-state index is 10.7. The predicted molar refractivity (Wildman–Crippen MR) is 55.3 cm³/mol. The molecule has 13 heavy (non-hydrogen) atoms. The SMILES string of the molecule is C/C(=C\Sc1ccccc1)C(N)=O. The first-order chi connectivity index (χ1) is 6.20. The van der Waals surface area contributed by atoms with Crippen molar-refractivity contribution in [3.05, 3.63) is 41.3 Å². The van der Waals surface area contributed by atoms with Crippen molar-refractivity contribution in [2.75, 3.05) is 0 Å². The van der Waals surface area contributed by atoms with Crippen LogP contribution < -0.4 is 5.73 Å². The first-order valence-electron chi connectivity index (χ1n) is 3.88. The standard InChI is InChI=1S/C10H11NOS/c1-8(10(11)12)7-13-9-5-3-2-4-6-9/h2-7H,1H3,(H2,11,12)/b8-7+. The maximum Gasteiger partial charge on any atom is 0.244 e. The molecule has 0 heterocycles. The minimum Gasteiger partial charge on any atom is -0.366 e. The summed E-state index contributed by atoms with van der Waals surface area (Å²) >= 11 is 1.49. The van der Waals surface area contributed by atoms with Gasteiger partial charge in [-0.15, -0.1) is 0 Å². The maximum atomic E-state index is 10.7. The van der Waals surface area contributed by atoms with E-state index in [-0.39, 0.29) is 5.91 Å². The fourth-order valence-electron chi connectivity index (χ4n) is 0.714. The molecule has 0 radical (unpaired) electrons. The third-order valence-corrected chi connectivity index (χ3v) is 2.52. The molecule has 0 atom stereocenters. The lowest BCUT2D eigenvalue weighted by Crippen LogP contribution is -2.10. The van der Waals surface area contributed by atoms with Crippen molar-refractivity contribution in [2.24, 2.45) is 5.73 Å². The summed E-state index contributed by atoms with van der Waals surface area (Å²) < 4.78 is 0. The molecule has 68 valence electrons. The average Bonchev–Trinajstić information content (AvgIpc) is 2.15. The summed E-state index contributed by atoms with van der Waals surface area (Å²) in [5.74, 6) is -0.372. The lowest BCUT2D eigenvalue weighted by molar-refractivity contribution is -0.114. The van der Waals surface area contributed by atoms with Crippen molar-refractivity contribution in [1.82, 2.24) is 0 Å². The molecule has 0 unspecified atom stereocenters. The number of benzene rings is 1. The van der Waals surface area contributed by atoms with Crippen LogP contribution in [0.25, 0.3) is 0 Å². The number of carbonyl (C=O) groups is 1. The molecule has 0 saturated carbocycles. The second kappa shape index (κ2) is 4.72. The van der Waals surface area contributed by atoms with Gasteiger partial charge in [0.05, 0.1) is 0 Å². The van der Waals surface area contributed by atoms with Gasteiger partial charge >= 0.3 is 0 Å². The van der Waals surface area contributed by atoms with Crippen molar-refractivity contribution >= 4 is 17.7 Å². The van der Waals surface area contributed by atoms with E-state index in [2.05, 4.69) is 0 Å². The molecule has 2 nitrogen and oxygen atoms in total. The van der Waals surface area contributed by atoms with Gasteiger partial charge < -0.3 is 5.73 Å². The van der Waals surface area contributed by atoms with Crippen LogP contribution in [0.1, 0.15) is 6.92 Å². The summed E-state index contributed by atoms with van der Waals surface area (Å²) in [6.07, 6.45) is 0. The van der Waals surface area contributed by atoms with Gasteiger partial charge in [-0.25, -0.2) is 0 Å². The Hall–Kier alpha value is -1.22. The van der Waals surface area contributed by atoms with Gasteiger partial charge in [-0.1, -0.05) is 30.0 Å². The quantitative estimate of drug-likeness (QED) is 0.590. The Bertz CT molecular complexity index is 319. The molecular weight excluding hydrogens is 182 g/mol. The van der Waals surface area contributed by atoms with Crippen molar-refractivity contribution in [3.63, 3.8) is 0 Å². The van der Waals surface area contributed by atoms with Crippen molar-refractivity contribution < 1.29 is 4.79 Å². The van der Waals surface area contributed by atoms with E-state index in [1.54, 1.807) is 12.3 Å². The fraction of sp³-hybridized carbons (Fsp3) is 0.100. The Morgan fingerprint density at radius 1 is 1.38 bits per heavy atom. The minimum atomic E-state index is -0.372. The minimum absolute atomic E-state index is 0.372. The number of nitrogens with two attached hydrogens (primary N) is 1. The van der Waals surface area contributed by atoms with E-state index in [9.17, 15) is 4.79 Å². The zero-order chi connectivity index (χ0) is 9.68. The van der Waals surface area contributed by atoms with Gasteiger partial charge in [-0.05, 0) is 24.5 Å². The molecule has 1 aromatic carbocycles. The normalized spacial score (nSPS) is 11.3. The van der Waals surface area contributed by atoms with Gasteiger partial charge in [-0.3, -0.25) is 4.79 Å². The number of carbonyl (C=O) groups excluding carboxylic acids is 1. The molecule has 0 bridgehead atoms. The molecule has 0 aromatic heterocycles. The van der Waals surface area contributed by atoms with Crippen LogP contribution in [0.4, 0.5) is 0 Å². The van der Waals surface area contributed by atoms with Gasteiger partial charge in [0.15, 0.2) is 0 Å². The molecule has 2 N–H and O–H groups in total. The van der Waals surface area contributed by atoms with Gasteiger partial charge in [0.1, 0.15) is 0 Å². The lowest BCUT2D eigenvalue weighted by Gasteiger charge is -1.95. The van der Waals surface area contributed by atoms with E-state index in [1.165, 1.54) is 11.8 Å². The molecule has 0 aliphatic carbocycles. The lowest BCUT2D eigenvalue weighted by atomic mass is 10.3. The summed E-state index contributed by atoms with van der Waals surface area (Å²) in [6, 6.07) is 9.82. The molecule has 1 rings (SSSR count). The third kappa shape index (κ3) is 3.34. The van der Waals surface area contributed by atoms with Crippen molar-refractivity contribution in [1.29, 1.82) is 0 Å². The molecule has 0 spiro atoms. The Morgan fingerprint density at radius 2 is 2.00 bits per heavy atom. The number of primary amides is 1. The zero-order valence-corrected chi connectivity index (χ0v) is 8.17. The van der Waals surface area contributed by atoms with E-state index < -0.39 is 0 Å². The number of thioether (sulfide) groups is 1. The second-order valence-electron chi connectivity index (χ2n) is 2.60. The molecule has 0 saturated heterocycles. The van der Waals surface area contributed by atoms with Crippen molar-refractivity contribution in [3.8, 4) is 0 Å². The number of hydrogen-bond acceptors (Lipinski definition) is 2. The summed E-state index contributed by atoms with van der Waals surface area (Å²) in [4.78, 5) is 11.8. The van der Waals surface area contributed by atoms with E-state index in [0.29, 0.717) is 5.57 Å². The van der Waals surface area contributed by atoms with Crippen LogP contribution in [0.3, 0.4) is 0 Å². The molecule has 0 fully saturated rings. The number of amides is 1. The van der Waals surface area contributed by atoms with E-state index in [4.69, 9.17) is 5.73 Å². The highest BCUT2D eigenvalue weighted by atomic mass is 32.2. The van der Waals surface area contributed by atoms with Crippen LogP contribution >= 0.6 is 11.8 Å². The smallest absolute Gasteiger partial charge is 0.244 e. The van der Waals surface area contributed by atoms with Gasteiger partial charge in [0, 0.05) is 10.5 Å². The monoisotopic (exact) mass is 193 g/mol. The molecule has 1 aromatic rings. The second-order valence-corrected chi connectivity index (χ2v) is 3.54. The van der Waals surface area contributed by atoms with Crippen LogP contribution in [0.2, 0.25) is 0 Å². The first-order valence-corrected chi connectivity index (χ1v) is 4.76. The summed E-state index contributed by atoms with van der Waals surface area (Å²) in [5.41, 5.74) is 5.66. The fourth-order valence-corrected chi connectivity index (χ4v) is 1.46. The van der Waals surface area contributed by atoms with Crippen LogP contribution in [0.15, 0.2) is 46.2 Å². The van der Waals surface area contributed by atoms with Gasteiger partial charge in [-0.2, -0.15) is 0 Å². The van der Waals surface area contributed by atoms with Gasteiger partial charge in [0.25, 0.3) is 0 Å². The molecule has 0 aliphatic heterocycles. The third-order valence-electron chi connectivity index (χ3n) is 1.50. The summed E-state index contributed by atoms with van der Waals surface area (Å²) in [5, 5.41) is 1.76. The highest BCUT2D eigenvalue weighted by Crippen LogP contribution is 2.19. The number of hydrogen-bond donors (Lipinski definition) is 1. The first kappa shape index (κ1) is 9.86. The van der Waals surface area contributed by atoms with Crippen LogP contribution in [0.5, 0.6) is 0 Å². The van der Waals surface area contributed by atoms with Gasteiger partial charge in [0.2, 0.25) is 5.91 Å². The van der Waals surface area contributed by atoms with Crippen molar-refractivity contribution in [2.45, 2.75) is 11.8 Å². The zero-order valence-electron chi connectivity index (χ0n) is 7.36. The molecular formula is C10H11NOS. The van der Waals surface area contributed by atoms with Crippen LogP contribution in [-0.2, 0) is 4.79 Å². The summed E-state index contributed by atoms with van der Waals surface area (Å²) in [7, 11) is 0. The van der Waals surface area contributed by atoms with E-state index in [0.717, 1.165) is 4.90 Å².